The number of aryl methyl sites for hydroxylation is 1. The highest BCUT2D eigenvalue weighted by molar-refractivity contribution is 5.34. The van der Waals surface area contributed by atoms with Crippen LogP contribution in [0.2, 0.25) is 0 Å². The molecule has 0 heterocycles. The second-order valence-electron chi connectivity index (χ2n) is 5.22. The van der Waals surface area contributed by atoms with Gasteiger partial charge in [0.1, 0.15) is 0 Å². The molecule has 0 aliphatic heterocycles. The molecule has 0 saturated heterocycles. The van der Waals surface area contributed by atoms with Crippen molar-refractivity contribution in [2.75, 3.05) is 6.54 Å². The summed E-state index contributed by atoms with van der Waals surface area (Å²) < 4.78 is 0. The Morgan fingerprint density at radius 3 is 2.69 bits per heavy atom. The Morgan fingerprint density at radius 2 is 2.06 bits per heavy atom. The van der Waals surface area contributed by atoms with Crippen LogP contribution in [-0.4, -0.2) is 6.54 Å². The molecule has 1 atom stereocenters. The van der Waals surface area contributed by atoms with Crippen molar-refractivity contribution in [2.45, 2.75) is 46.1 Å². The van der Waals surface area contributed by atoms with Crippen LogP contribution in [0.25, 0.3) is 0 Å². The topological polar surface area (TPSA) is 12.0 Å². The fourth-order valence-electron chi connectivity index (χ4n) is 2.39. The summed E-state index contributed by atoms with van der Waals surface area (Å²) in [6.07, 6.45) is 4.28. The molecular weight excluding hydrogens is 194 g/mol. The molecule has 1 heteroatoms. The molecule has 2 rings (SSSR count). The van der Waals surface area contributed by atoms with Crippen molar-refractivity contribution in [2.24, 2.45) is 5.92 Å². The minimum atomic E-state index is 0.487. The molecule has 1 N–H and O–H groups in total. The molecule has 1 fully saturated rings. The minimum absolute atomic E-state index is 0.487. The van der Waals surface area contributed by atoms with Gasteiger partial charge in [0.2, 0.25) is 0 Å². The Bertz CT molecular complexity index is 352. The predicted molar refractivity (Wildman–Crippen MR) is 69.7 cm³/mol. The smallest absolute Gasteiger partial charge is 0.0294 e. The molecule has 0 radical (unpaired) electrons. The Kier molecular flexibility index (Phi) is 3.65. The van der Waals surface area contributed by atoms with E-state index in [0.29, 0.717) is 6.04 Å². The second-order valence-corrected chi connectivity index (χ2v) is 5.22. The maximum absolute atomic E-state index is 3.67. The van der Waals surface area contributed by atoms with Crippen molar-refractivity contribution in [1.29, 1.82) is 0 Å². The second kappa shape index (κ2) is 5.01. The van der Waals surface area contributed by atoms with Crippen LogP contribution in [0.4, 0.5) is 0 Å². The fraction of sp³-hybridized carbons (Fsp3) is 0.600. The van der Waals surface area contributed by atoms with Gasteiger partial charge in [0.15, 0.2) is 0 Å². The van der Waals surface area contributed by atoms with Crippen molar-refractivity contribution in [3.05, 3.63) is 34.9 Å². The summed E-state index contributed by atoms with van der Waals surface area (Å²) in [6.45, 7) is 7.89. The number of hydrogen-bond acceptors (Lipinski definition) is 1. The molecule has 1 aromatic carbocycles. The van der Waals surface area contributed by atoms with Gasteiger partial charge in [0.25, 0.3) is 0 Å². The van der Waals surface area contributed by atoms with E-state index in [-0.39, 0.29) is 0 Å². The first-order valence-electron chi connectivity index (χ1n) is 6.48. The van der Waals surface area contributed by atoms with Crippen molar-refractivity contribution in [3.8, 4) is 0 Å². The lowest BCUT2D eigenvalue weighted by atomic mass is 9.85. The Hall–Kier alpha value is -0.820. The molecule has 0 bridgehead atoms. The maximum Gasteiger partial charge on any atom is 0.0294 e. The van der Waals surface area contributed by atoms with Crippen LogP contribution in [0.15, 0.2) is 18.2 Å². The summed E-state index contributed by atoms with van der Waals surface area (Å²) in [4.78, 5) is 0. The Balaban J connectivity index is 1.96. The molecule has 0 spiro atoms. The SMILES string of the molecule is Cc1cccc(C(C)NCC2CCC2)c1C. The Morgan fingerprint density at radius 1 is 1.31 bits per heavy atom. The number of rotatable bonds is 4. The van der Waals surface area contributed by atoms with Gasteiger partial charge in [0.05, 0.1) is 0 Å². The van der Waals surface area contributed by atoms with Gasteiger partial charge in [0, 0.05) is 6.04 Å². The molecule has 1 aliphatic rings. The van der Waals surface area contributed by atoms with Gasteiger partial charge in [-0.2, -0.15) is 0 Å². The molecule has 1 nitrogen and oxygen atoms in total. The van der Waals surface area contributed by atoms with Gasteiger partial charge < -0.3 is 5.32 Å². The van der Waals surface area contributed by atoms with E-state index >= 15 is 0 Å². The van der Waals surface area contributed by atoms with Crippen LogP contribution in [0.5, 0.6) is 0 Å². The van der Waals surface area contributed by atoms with E-state index in [4.69, 9.17) is 0 Å². The normalized spacial score (nSPS) is 18.2. The van der Waals surface area contributed by atoms with Crippen LogP contribution in [0, 0.1) is 19.8 Å². The quantitative estimate of drug-likeness (QED) is 0.810. The third-order valence-electron chi connectivity index (χ3n) is 4.05. The maximum atomic E-state index is 3.67. The van der Waals surface area contributed by atoms with Crippen molar-refractivity contribution < 1.29 is 0 Å². The first-order valence-corrected chi connectivity index (χ1v) is 6.48. The first kappa shape index (κ1) is 11.7. The van der Waals surface area contributed by atoms with Crippen molar-refractivity contribution in [3.63, 3.8) is 0 Å². The molecule has 1 unspecified atom stereocenters. The third-order valence-corrected chi connectivity index (χ3v) is 4.05. The molecule has 88 valence electrons. The summed E-state index contributed by atoms with van der Waals surface area (Å²) >= 11 is 0. The van der Waals surface area contributed by atoms with E-state index in [1.54, 1.807) is 0 Å². The highest BCUT2D eigenvalue weighted by atomic mass is 14.9. The molecule has 1 aromatic rings. The fourth-order valence-corrected chi connectivity index (χ4v) is 2.39. The minimum Gasteiger partial charge on any atom is -0.310 e. The van der Waals surface area contributed by atoms with E-state index in [0.717, 1.165) is 5.92 Å². The third kappa shape index (κ3) is 2.46. The lowest BCUT2D eigenvalue weighted by Gasteiger charge is -2.28. The molecule has 16 heavy (non-hydrogen) atoms. The van der Waals surface area contributed by atoms with Crippen LogP contribution in [-0.2, 0) is 0 Å². The van der Waals surface area contributed by atoms with Gasteiger partial charge in [-0.15, -0.1) is 0 Å². The highest BCUT2D eigenvalue weighted by Crippen LogP contribution is 2.27. The van der Waals surface area contributed by atoms with Crippen molar-refractivity contribution in [1.82, 2.24) is 5.32 Å². The van der Waals surface area contributed by atoms with E-state index in [9.17, 15) is 0 Å². The van der Waals surface area contributed by atoms with E-state index in [2.05, 4.69) is 44.3 Å². The van der Waals surface area contributed by atoms with Crippen molar-refractivity contribution >= 4 is 0 Å². The highest BCUT2D eigenvalue weighted by Gasteiger charge is 2.18. The van der Waals surface area contributed by atoms with Crippen LogP contribution in [0.3, 0.4) is 0 Å². The zero-order valence-corrected chi connectivity index (χ0v) is 10.7. The zero-order chi connectivity index (χ0) is 11.5. The van der Waals surface area contributed by atoms with Gasteiger partial charge in [-0.3, -0.25) is 0 Å². The van der Waals surface area contributed by atoms with Gasteiger partial charge in [-0.05, 0) is 62.8 Å². The van der Waals surface area contributed by atoms with Gasteiger partial charge in [-0.1, -0.05) is 24.6 Å². The lowest BCUT2D eigenvalue weighted by molar-refractivity contribution is 0.292. The molecule has 0 amide bonds. The summed E-state index contributed by atoms with van der Waals surface area (Å²) in [7, 11) is 0. The van der Waals surface area contributed by atoms with Crippen LogP contribution < -0.4 is 5.32 Å². The van der Waals surface area contributed by atoms with E-state index < -0.39 is 0 Å². The number of hydrogen-bond donors (Lipinski definition) is 1. The zero-order valence-electron chi connectivity index (χ0n) is 10.7. The summed E-state index contributed by atoms with van der Waals surface area (Å²) in [5.74, 6) is 0.938. The van der Waals surface area contributed by atoms with Crippen LogP contribution >= 0.6 is 0 Å². The average Bonchev–Trinajstić information content (AvgIpc) is 2.19. The average molecular weight is 217 g/mol. The van der Waals surface area contributed by atoms with Gasteiger partial charge >= 0.3 is 0 Å². The lowest BCUT2D eigenvalue weighted by Crippen LogP contribution is -2.29. The number of nitrogens with one attached hydrogen (secondary N) is 1. The Labute approximate surface area is 99.3 Å². The van der Waals surface area contributed by atoms with Gasteiger partial charge in [-0.25, -0.2) is 0 Å². The van der Waals surface area contributed by atoms with E-state index in [1.807, 2.05) is 0 Å². The monoisotopic (exact) mass is 217 g/mol. The predicted octanol–water partition coefficient (Wildman–Crippen LogP) is 3.75. The summed E-state index contributed by atoms with van der Waals surface area (Å²) in [5, 5.41) is 3.67. The summed E-state index contributed by atoms with van der Waals surface area (Å²) in [6, 6.07) is 7.10. The number of benzene rings is 1. The molecule has 0 aromatic heterocycles. The molecule has 1 aliphatic carbocycles. The summed E-state index contributed by atoms with van der Waals surface area (Å²) in [5.41, 5.74) is 4.30. The van der Waals surface area contributed by atoms with E-state index in [1.165, 1.54) is 42.5 Å². The van der Waals surface area contributed by atoms with Crippen LogP contribution in [0.1, 0.15) is 48.9 Å². The molecule has 1 saturated carbocycles. The molecular formula is C15H23N. The largest absolute Gasteiger partial charge is 0.310 e. The first-order chi connectivity index (χ1) is 7.68. The standard InChI is InChI=1S/C15H23N/c1-11-6-4-9-15(12(11)2)13(3)16-10-14-7-5-8-14/h4,6,9,13-14,16H,5,7-8,10H2,1-3H3.